The van der Waals surface area contributed by atoms with Crippen molar-refractivity contribution in [3.63, 3.8) is 0 Å². The second kappa shape index (κ2) is 6.08. The molecule has 0 spiro atoms. The molecular formula is C16H21FN4. The van der Waals surface area contributed by atoms with Gasteiger partial charge in [-0.1, -0.05) is 25.1 Å². The summed E-state index contributed by atoms with van der Waals surface area (Å²) in [4.78, 5) is 10.7. The standard InChI is InChI=1S/C16H21FN4/c1-5-14-19-15(18)10(2)16(20-14)21(4)11(3)12-8-6-7-9-13(12)17/h6-9,11H,5H2,1-4H3,(H2,18,19,20). The summed E-state index contributed by atoms with van der Waals surface area (Å²) in [5.41, 5.74) is 7.40. The first kappa shape index (κ1) is 15.2. The van der Waals surface area contributed by atoms with E-state index in [9.17, 15) is 4.39 Å². The van der Waals surface area contributed by atoms with Gasteiger partial charge in [-0.2, -0.15) is 0 Å². The van der Waals surface area contributed by atoms with Gasteiger partial charge < -0.3 is 10.6 Å². The minimum Gasteiger partial charge on any atom is -0.383 e. The van der Waals surface area contributed by atoms with E-state index in [1.54, 1.807) is 12.1 Å². The fraction of sp³-hybridized carbons (Fsp3) is 0.375. The van der Waals surface area contributed by atoms with E-state index in [2.05, 4.69) is 9.97 Å². The molecule has 0 fully saturated rings. The summed E-state index contributed by atoms with van der Waals surface area (Å²) in [5, 5.41) is 0. The first-order chi connectivity index (χ1) is 9.95. The van der Waals surface area contributed by atoms with Crippen LogP contribution < -0.4 is 10.6 Å². The lowest BCUT2D eigenvalue weighted by molar-refractivity contribution is 0.583. The lowest BCUT2D eigenvalue weighted by atomic mass is 10.1. The van der Waals surface area contributed by atoms with Crippen molar-refractivity contribution in [1.29, 1.82) is 0 Å². The second-order valence-electron chi connectivity index (χ2n) is 5.14. The molecule has 2 aromatic rings. The summed E-state index contributed by atoms with van der Waals surface area (Å²) < 4.78 is 14.0. The number of nitrogens with zero attached hydrogens (tertiary/aromatic N) is 3. The summed E-state index contributed by atoms with van der Waals surface area (Å²) >= 11 is 0. The molecule has 4 nitrogen and oxygen atoms in total. The Morgan fingerprint density at radius 3 is 2.57 bits per heavy atom. The van der Waals surface area contributed by atoms with Crippen LogP contribution in [0.4, 0.5) is 16.0 Å². The molecule has 1 atom stereocenters. The van der Waals surface area contributed by atoms with E-state index in [1.165, 1.54) is 6.07 Å². The number of nitrogen functional groups attached to an aromatic ring is 1. The normalized spacial score (nSPS) is 12.2. The molecule has 112 valence electrons. The summed E-state index contributed by atoms with van der Waals surface area (Å²) in [7, 11) is 1.89. The van der Waals surface area contributed by atoms with E-state index < -0.39 is 0 Å². The minimum atomic E-state index is -0.216. The second-order valence-corrected chi connectivity index (χ2v) is 5.14. The monoisotopic (exact) mass is 288 g/mol. The van der Waals surface area contributed by atoms with Crippen LogP contribution >= 0.6 is 0 Å². The van der Waals surface area contributed by atoms with Crippen molar-refractivity contribution in [2.45, 2.75) is 33.2 Å². The summed E-state index contributed by atoms with van der Waals surface area (Å²) in [6.07, 6.45) is 0.708. The SMILES string of the molecule is CCc1nc(N)c(C)c(N(C)C(C)c2ccccc2F)n1. The van der Waals surface area contributed by atoms with Crippen molar-refractivity contribution in [2.75, 3.05) is 17.7 Å². The Labute approximate surface area is 124 Å². The quantitative estimate of drug-likeness (QED) is 0.938. The maximum atomic E-state index is 14.0. The molecule has 0 amide bonds. The van der Waals surface area contributed by atoms with Gasteiger partial charge in [0.25, 0.3) is 0 Å². The van der Waals surface area contributed by atoms with Crippen molar-refractivity contribution in [3.8, 4) is 0 Å². The van der Waals surface area contributed by atoms with Crippen LogP contribution in [0.5, 0.6) is 0 Å². The number of aryl methyl sites for hydroxylation is 1. The molecule has 0 aliphatic heterocycles. The number of rotatable bonds is 4. The number of aromatic nitrogens is 2. The average Bonchev–Trinajstić information content (AvgIpc) is 2.49. The maximum Gasteiger partial charge on any atom is 0.137 e. The zero-order valence-corrected chi connectivity index (χ0v) is 12.9. The molecular weight excluding hydrogens is 267 g/mol. The maximum absolute atomic E-state index is 14.0. The Kier molecular flexibility index (Phi) is 4.40. The largest absolute Gasteiger partial charge is 0.383 e. The van der Waals surface area contributed by atoms with Crippen LogP contribution in [0.1, 0.15) is 36.8 Å². The topological polar surface area (TPSA) is 55.0 Å². The van der Waals surface area contributed by atoms with Crippen LogP contribution in [0, 0.1) is 12.7 Å². The van der Waals surface area contributed by atoms with Gasteiger partial charge in [0.1, 0.15) is 23.3 Å². The van der Waals surface area contributed by atoms with Crippen molar-refractivity contribution in [3.05, 3.63) is 47.0 Å². The fourth-order valence-electron chi connectivity index (χ4n) is 2.28. The predicted molar refractivity (Wildman–Crippen MR) is 83.8 cm³/mol. The number of anilines is 2. The van der Waals surface area contributed by atoms with Crippen LogP contribution in [-0.4, -0.2) is 17.0 Å². The van der Waals surface area contributed by atoms with Gasteiger partial charge in [0, 0.05) is 24.6 Å². The number of benzene rings is 1. The van der Waals surface area contributed by atoms with Gasteiger partial charge in [0.15, 0.2) is 0 Å². The molecule has 0 radical (unpaired) electrons. The summed E-state index contributed by atoms with van der Waals surface area (Å²) in [6, 6.07) is 6.63. The van der Waals surface area contributed by atoms with Crippen LogP contribution in [0.3, 0.4) is 0 Å². The number of hydrogen-bond donors (Lipinski definition) is 1. The van der Waals surface area contributed by atoms with E-state index in [4.69, 9.17) is 5.73 Å². The smallest absolute Gasteiger partial charge is 0.137 e. The van der Waals surface area contributed by atoms with Gasteiger partial charge in [-0.05, 0) is 19.9 Å². The van der Waals surface area contributed by atoms with Crippen LogP contribution in [0.2, 0.25) is 0 Å². The van der Waals surface area contributed by atoms with E-state index >= 15 is 0 Å². The van der Waals surface area contributed by atoms with Crippen LogP contribution in [0.15, 0.2) is 24.3 Å². The van der Waals surface area contributed by atoms with Gasteiger partial charge >= 0.3 is 0 Å². The van der Waals surface area contributed by atoms with Crippen LogP contribution in [-0.2, 0) is 6.42 Å². The van der Waals surface area contributed by atoms with Gasteiger partial charge in [-0.15, -0.1) is 0 Å². The first-order valence-electron chi connectivity index (χ1n) is 7.06. The average molecular weight is 288 g/mol. The molecule has 0 aliphatic rings. The Hall–Kier alpha value is -2.17. The van der Waals surface area contributed by atoms with Crippen molar-refractivity contribution in [1.82, 2.24) is 9.97 Å². The van der Waals surface area contributed by atoms with Gasteiger partial charge in [0.2, 0.25) is 0 Å². The highest BCUT2D eigenvalue weighted by Gasteiger charge is 2.20. The van der Waals surface area contributed by atoms with Gasteiger partial charge in [0.05, 0.1) is 6.04 Å². The van der Waals surface area contributed by atoms with E-state index in [1.807, 2.05) is 38.8 Å². The van der Waals surface area contributed by atoms with Gasteiger partial charge in [-0.3, -0.25) is 0 Å². The number of halogens is 1. The molecule has 0 saturated carbocycles. The highest BCUT2D eigenvalue weighted by atomic mass is 19.1. The fourth-order valence-corrected chi connectivity index (χ4v) is 2.28. The minimum absolute atomic E-state index is 0.149. The lowest BCUT2D eigenvalue weighted by Crippen LogP contribution is -2.25. The van der Waals surface area contributed by atoms with Crippen molar-refractivity contribution < 1.29 is 4.39 Å². The van der Waals surface area contributed by atoms with Crippen molar-refractivity contribution >= 4 is 11.6 Å². The number of hydrogen-bond acceptors (Lipinski definition) is 4. The third kappa shape index (κ3) is 2.96. The molecule has 2 rings (SSSR count). The Morgan fingerprint density at radius 2 is 1.95 bits per heavy atom. The Balaban J connectivity index is 2.42. The molecule has 5 heteroatoms. The molecule has 21 heavy (non-hydrogen) atoms. The van der Waals surface area contributed by atoms with E-state index in [-0.39, 0.29) is 11.9 Å². The van der Waals surface area contributed by atoms with E-state index in [0.717, 1.165) is 11.4 Å². The molecule has 2 N–H and O–H groups in total. The molecule has 0 saturated heterocycles. The predicted octanol–water partition coefficient (Wildman–Crippen LogP) is 3.27. The van der Waals surface area contributed by atoms with Gasteiger partial charge in [-0.25, -0.2) is 14.4 Å². The third-order valence-electron chi connectivity index (χ3n) is 3.79. The highest BCUT2D eigenvalue weighted by Crippen LogP contribution is 2.29. The highest BCUT2D eigenvalue weighted by molar-refractivity contribution is 5.57. The van der Waals surface area contributed by atoms with E-state index in [0.29, 0.717) is 23.6 Å². The molecule has 1 heterocycles. The zero-order valence-electron chi connectivity index (χ0n) is 12.9. The summed E-state index contributed by atoms with van der Waals surface area (Å²) in [6.45, 7) is 5.81. The summed E-state index contributed by atoms with van der Waals surface area (Å²) in [5.74, 6) is 1.70. The Morgan fingerprint density at radius 1 is 1.29 bits per heavy atom. The molecule has 0 bridgehead atoms. The molecule has 1 aromatic carbocycles. The number of nitrogens with two attached hydrogens (primary N) is 1. The Bertz CT molecular complexity index is 642. The lowest BCUT2D eigenvalue weighted by Gasteiger charge is -2.28. The van der Waals surface area contributed by atoms with Crippen molar-refractivity contribution in [2.24, 2.45) is 0 Å². The molecule has 1 aromatic heterocycles. The van der Waals surface area contributed by atoms with Crippen LogP contribution in [0.25, 0.3) is 0 Å². The molecule has 1 unspecified atom stereocenters. The third-order valence-corrected chi connectivity index (χ3v) is 3.79. The molecule has 0 aliphatic carbocycles. The zero-order chi connectivity index (χ0) is 15.6. The first-order valence-corrected chi connectivity index (χ1v) is 7.06.